The third-order valence-corrected chi connectivity index (χ3v) is 1.91. The number of hydrogen-bond acceptors (Lipinski definition) is 4. The fraction of sp³-hybridized carbons (Fsp3) is 0. The Bertz CT molecular complexity index is 157. The zero-order valence-electron chi connectivity index (χ0n) is 4.62. The molecule has 0 aromatic rings. The van der Waals surface area contributed by atoms with Gasteiger partial charge in [-0.3, -0.25) is 0 Å². The molecule has 11 heteroatoms. The minimum atomic E-state index is -5.05. The Morgan fingerprint density at radius 3 is 1.09 bits per heavy atom. The van der Waals surface area contributed by atoms with E-state index in [9.17, 15) is 9.13 Å². The van der Waals surface area contributed by atoms with E-state index in [2.05, 4.69) is 4.31 Å². The van der Waals surface area contributed by atoms with E-state index in [4.69, 9.17) is 19.6 Å². The van der Waals surface area contributed by atoms with Crippen molar-refractivity contribution in [1.82, 2.24) is 6.15 Å². The van der Waals surface area contributed by atoms with Gasteiger partial charge in [0.2, 0.25) is 0 Å². The Morgan fingerprint density at radius 2 is 1.09 bits per heavy atom. The Balaban J connectivity index is -0.000000320. The molecular weight excluding hydrogens is 211 g/mol. The first-order chi connectivity index (χ1) is 3.71. The normalized spacial score (nSPS) is 11.3. The van der Waals surface area contributed by atoms with Gasteiger partial charge in [-0.15, -0.1) is 0 Å². The van der Waals surface area contributed by atoms with Gasteiger partial charge in [-0.1, -0.05) is 0 Å². The molecule has 0 spiro atoms. The first-order valence-electron chi connectivity index (χ1n) is 1.53. The maximum absolute atomic E-state index is 9.63. The Kier molecular flexibility index (Phi) is 9.53. The molecule has 0 saturated carbocycles. The first-order valence-corrected chi connectivity index (χ1v) is 4.59. The molecule has 0 amide bonds. The van der Waals surface area contributed by atoms with Crippen molar-refractivity contribution in [3.05, 3.63) is 0 Å². The zero-order chi connectivity index (χ0) is 7.71. The van der Waals surface area contributed by atoms with E-state index in [0.717, 1.165) is 0 Å². The van der Waals surface area contributed by atoms with Crippen LogP contribution in [0.25, 0.3) is 0 Å². The fourth-order valence-electron chi connectivity index (χ4n) is 0.139. The van der Waals surface area contributed by atoms with Gasteiger partial charge in [0.05, 0.1) is 0 Å². The summed E-state index contributed by atoms with van der Waals surface area (Å²) < 4.78 is 22.2. The molecule has 0 rings (SSSR count). The van der Waals surface area contributed by atoms with Crippen LogP contribution in [0.4, 0.5) is 0 Å². The molecular formula is H8NNaO7P2. The van der Waals surface area contributed by atoms with Crippen LogP contribution in [0, 0.1) is 0 Å². The topological polar surface area (TPSA) is 159 Å². The fourth-order valence-corrected chi connectivity index (χ4v) is 1.25. The van der Waals surface area contributed by atoms with Crippen molar-refractivity contribution in [2.45, 2.75) is 0 Å². The molecule has 0 bridgehead atoms. The number of rotatable bonds is 2. The van der Waals surface area contributed by atoms with E-state index in [1.165, 1.54) is 0 Å². The second-order valence-electron chi connectivity index (χ2n) is 1.06. The molecule has 0 fully saturated rings. The molecule has 7 N–H and O–H groups in total. The molecule has 0 aliphatic heterocycles. The molecule has 11 heavy (non-hydrogen) atoms. The van der Waals surface area contributed by atoms with E-state index in [-0.39, 0.29) is 35.7 Å². The molecule has 0 aliphatic carbocycles. The Labute approximate surface area is 84.3 Å². The minimum absolute atomic E-state index is 0. The maximum atomic E-state index is 9.63. The molecule has 0 aromatic heterocycles. The summed E-state index contributed by atoms with van der Waals surface area (Å²) in [4.78, 5) is 31.0. The van der Waals surface area contributed by atoms with Crippen molar-refractivity contribution in [3.63, 3.8) is 0 Å². The molecule has 0 unspecified atom stereocenters. The van der Waals surface area contributed by atoms with E-state index < -0.39 is 15.6 Å². The Morgan fingerprint density at radius 1 is 0.909 bits per heavy atom. The second-order valence-corrected chi connectivity index (χ2v) is 3.68. The van der Waals surface area contributed by atoms with Crippen LogP contribution >= 0.6 is 15.6 Å². The molecule has 8 nitrogen and oxygen atoms in total. The summed E-state index contributed by atoms with van der Waals surface area (Å²) in [6.07, 6.45) is 0. The van der Waals surface area contributed by atoms with Crippen LogP contribution in [0.1, 0.15) is 0 Å². The van der Waals surface area contributed by atoms with Crippen molar-refractivity contribution in [2.75, 3.05) is 0 Å². The van der Waals surface area contributed by atoms with Gasteiger partial charge in [-0.25, -0.2) is 9.13 Å². The van der Waals surface area contributed by atoms with Gasteiger partial charge in [0.25, 0.3) is 0 Å². The monoisotopic (exact) mass is 219 g/mol. The molecule has 0 radical (unpaired) electrons. The van der Waals surface area contributed by atoms with E-state index >= 15 is 0 Å². The molecule has 0 heterocycles. The summed E-state index contributed by atoms with van der Waals surface area (Å²) in [7, 11) is -10.1. The van der Waals surface area contributed by atoms with E-state index in [1.54, 1.807) is 0 Å². The van der Waals surface area contributed by atoms with Crippen LogP contribution in [0.2, 0.25) is 0 Å². The number of hydrogen-bond donors (Lipinski definition) is 5. The van der Waals surface area contributed by atoms with Crippen molar-refractivity contribution in [3.8, 4) is 0 Å². The summed E-state index contributed by atoms with van der Waals surface area (Å²) in [6.45, 7) is 0. The van der Waals surface area contributed by atoms with Gasteiger partial charge < -0.3 is 25.7 Å². The zero-order valence-corrected chi connectivity index (χ0v) is 6.40. The van der Waals surface area contributed by atoms with Gasteiger partial charge in [0.1, 0.15) is 0 Å². The van der Waals surface area contributed by atoms with Crippen LogP contribution < -0.4 is 6.15 Å². The second kappa shape index (κ2) is 5.80. The molecule has 66 valence electrons. The molecule has 0 aliphatic rings. The Hall–Kier alpha value is 1.22. The third-order valence-electron chi connectivity index (χ3n) is 0.213. The van der Waals surface area contributed by atoms with Crippen molar-refractivity contribution in [2.24, 2.45) is 0 Å². The van der Waals surface area contributed by atoms with Gasteiger partial charge >= 0.3 is 45.2 Å². The van der Waals surface area contributed by atoms with Crippen LogP contribution in [0.5, 0.6) is 0 Å². The van der Waals surface area contributed by atoms with Crippen LogP contribution in [-0.2, 0) is 13.4 Å². The predicted molar refractivity (Wildman–Crippen MR) is 37.3 cm³/mol. The molecule has 0 atom stereocenters. The summed E-state index contributed by atoms with van der Waals surface area (Å²) in [5.74, 6) is 0. The van der Waals surface area contributed by atoms with E-state index in [1.807, 2.05) is 0 Å². The van der Waals surface area contributed by atoms with Crippen LogP contribution in [0.3, 0.4) is 0 Å². The average Bonchev–Trinajstić information content (AvgIpc) is 1.14. The van der Waals surface area contributed by atoms with E-state index in [0.29, 0.717) is 0 Å². The summed E-state index contributed by atoms with van der Waals surface area (Å²) in [5, 5.41) is 0. The van der Waals surface area contributed by atoms with Crippen LogP contribution in [-0.4, -0.2) is 49.1 Å². The van der Waals surface area contributed by atoms with Gasteiger partial charge in [0.15, 0.2) is 0 Å². The van der Waals surface area contributed by atoms with Gasteiger partial charge in [-0.05, 0) is 0 Å². The van der Waals surface area contributed by atoms with Crippen molar-refractivity contribution >= 4 is 45.2 Å². The molecule has 0 aromatic carbocycles. The van der Waals surface area contributed by atoms with Gasteiger partial charge in [-0.2, -0.15) is 4.31 Å². The summed E-state index contributed by atoms with van der Waals surface area (Å²) in [6, 6.07) is 0. The third kappa shape index (κ3) is 18.3. The van der Waals surface area contributed by atoms with Crippen LogP contribution in [0.15, 0.2) is 0 Å². The van der Waals surface area contributed by atoms with Crippen molar-refractivity contribution < 1.29 is 33.0 Å². The van der Waals surface area contributed by atoms with Crippen molar-refractivity contribution in [1.29, 1.82) is 0 Å². The molecule has 0 saturated heterocycles. The predicted octanol–water partition coefficient (Wildman–Crippen LogP) is -1.30. The standard InChI is InChI=1S/H3N.Na.H4O7P2.H/c;;1-8(2,3)7-9(4,5)6;/h1H3;;(H2,1,2,3)(H2,4,5,6);. The quantitative estimate of drug-likeness (QED) is 0.283. The average molecular weight is 219 g/mol. The summed E-state index contributed by atoms with van der Waals surface area (Å²) >= 11 is 0. The first kappa shape index (κ1) is 18.1. The SMILES string of the molecule is N.O=P(O)(O)OP(=O)(O)O.[NaH]. The summed E-state index contributed by atoms with van der Waals surface area (Å²) in [5.41, 5.74) is 0. The van der Waals surface area contributed by atoms with Gasteiger partial charge in [0, 0.05) is 0 Å². The number of phosphoric acid groups is 2.